The van der Waals surface area contributed by atoms with Crippen LogP contribution in [0.15, 0.2) is 24.3 Å². The molecule has 0 bridgehead atoms. The van der Waals surface area contributed by atoms with E-state index in [1.165, 1.54) is 31.2 Å². The molecule has 1 aliphatic carbocycles. The molecule has 1 unspecified atom stereocenters. The molecule has 1 fully saturated rings. The first-order valence-electron chi connectivity index (χ1n) is 7.12. The fourth-order valence-electron chi connectivity index (χ4n) is 2.37. The van der Waals surface area contributed by atoms with E-state index in [1.807, 2.05) is 18.2 Å². The summed E-state index contributed by atoms with van der Waals surface area (Å²) in [5.41, 5.74) is 1.26. The van der Waals surface area contributed by atoms with Crippen molar-refractivity contribution in [3.8, 4) is 11.8 Å². The number of nitriles is 1. The van der Waals surface area contributed by atoms with E-state index in [1.54, 1.807) is 0 Å². The van der Waals surface area contributed by atoms with Crippen molar-refractivity contribution >= 4 is 0 Å². The molecular weight excluding hydrogens is 236 g/mol. The molecule has 1 aromatic rings. The second-order valence-electron chi connectivity index (χ2n) is 5.28. The first-order chi connectivity index (χ1) is 9.29. The number of nitrogens with one attached hydrogen (secondary N) is 1. The topological polar surface area (TPSA) is 45.0 Å². The lowest BCUT2D eigenvalue weighted by atomic mass is 9.83. The second kappa shape index (κ2) is 7.16. The summed E-state index contributed by atoms with van der Waals surface area (Å²) in [4.78, 5) is 0. The molecular formula is C16H22N2O. The number of hydrogen-bond donors (Lipinski definition) is 1. The lowest BCUT2D eigenvalue weighted by molar-refractivity contribution is 0.288. The minimum atomic E-state index is 0.106. The van der Waals surface area contributed by atoms with Gasteiger partial charge < -0.3 is 10.1 Å². The number of nitrogens with zero attached hydrogens (tertiary/aromatic N) is 1. The number of rotatable bonds is 7. The standard InChI is InChI=1S/C16H22N2O/c1-13(18-11-9-14-3-2-4-14)15-5-7-16(8-6-15)19-12-10-17/h5-8,13-14,18H,2-4,9,11-12H2,1H3. The Morgan fingerprint density at radius 2 is 2.11 bits per heavy atom. The molecule has 3 nitrogen and oxygen atoms in total. The molecule has 3 heteroatoms. The smallest absolute Gasteiger partial charge is 0.174 e. The van der Waals surface area contributed by atoms with Gasteiger partial charge in [0.15, 0.2) is 6.61 Å². The van der Waals surface area contributed by atoms with E-state index in [9.17, 15) is 0 Å². The third-order valence-electron chi connectivity index (χ3n) is 3.91. The molecule has 0 aliphatic heterocycles. The van der Waals surface area contributed by atoms with Crippen molar-refractivity contribution in [2.24, 2.45) is 5.92 Å². The van der Waals surface area contributed by atoms with E-state index in [-0.39, 0.29) is 6.61 Å². The van der Waals surface area contributed by atoms with Crippen LogP contribution in [0.25, 0.3) is 0 Å². The van der Waals surface area contributed by atoms with Crippen molar-refractivity contribution in [1.82, 2.24) is 5.32 Å². The van der Waals surface area contributed by atoms with Crippen LogP contribution in [-0.4, -0.2) is 13.2 Å². The monoisotopic (exact) mass is 258 g/mol. The van der Waals surface area contributed by atoms with Crippen molar-refractivity contribution in [3.05, 3.63) is 29.8 Å². The van der Waals surface area contributed by atoms with Gasteiger partial charge in [-0.3, -0.25) is 0 Å². The largest absolute Gasteiger partial charge is 0.479 e. The summed E-state index contributed by atoms with van der Waals surface area (Å²) in [5, 5.41) is 12.0. The van der Waals surface area contributed by atoms with Gasteiger partial charge in [0.25, 0.3) is 0 Å². The summed E-state index contributed by atoms with van der Waals surface area (Å²) in [5.74, 6) is 1.72. The minimum absolute atomic E-state index is 0.106. The molecule has 0 saturated heterocycles. The van der Waals surface area contributed by atoms with E-state index < -0.39 is 0 Å². The SMILES string of the molecule is CC(NCCC1CCC1)c1ccc(OCC#N)cc1. The predicted molar refractivity (Wildman–Crippen MR) is 75.9 cm³/mol. The maximum Gasteiger partial charge on any atom is 0.174 e. The Balaban J connectivity index is 1.74. The van der Waals surface area contributed by atoms with Gasteiger partial charge in [-0.2, -0.15) is 5.26 Å². The third-order valence-corrected chi connectivity index (χ3v) is 3.91. The zero-order chi connectivity index (χ0) is 13.5. The molecule has 2 rings (SSSR count). The lowest BCUT2D eigenvalue weighted by Gasteiger charge is -2.26. The number of ether oxygens (including phenoxy) is 1. The maximum atomic E-state index is 8.45. The number of hydrogen-bond acceptors (Lipinski definition) is 3. The van der Waals surface area contributed by atoms with E-state index in [0.29, 0.717) is 6.04 Å². The van der Waals surface area contributed by atoms with Gasteiger partial charge in [0.1, 0.15) is 11.8 Å². The van der Waals surface area contributed by atoms with Gasteiger partial charge in [-0.05, 0) is 43.5 Å². The van der Waals surface area contributed by atoms with Crippen LogP contribution >= 0.6 is 0 Å². The van der Waals surface area contributed by atoms with E-state index in [2.05, 4.69) is 24.4 Å². The Bertz CT molecular complexity index is 417. The molecule has 0 aromatic heterocycles. The van der Waals surface area contributed by atoms with Crippen LogP contribution in [0.1, 0.15) is 44.2 Å². The molecule has 1 atom stereocenters. The zero-order valence-corrected chi connectivity index (χ0v) is 11.6. The Kier molecular flexibility index (Phi) is 5.23. The van der Waals surface area contributed by atoms with Crippen molar-refractivity contribution < 1.29 is 4.74 Å². The van der Waals surface area contributed by atoms with Gasteiger partial charge in [-0.15, -0.1) is 0 Å². The highest BCUT2D eigenvalue weighted by atomic mass is 16.5. The average Bonchev–Trinajstić information content (AvgIpc) is 2.39. The maximum absolute atomic E-state index is 8.45. The molecule has 1 saturated carbocycles. The Morgan fingerprint density at radius 1 is 1.37 bits per heavy atom. The Labute approximate surface area is 115 Å². The Hall–Kier alpha value is -1.53. The number of benzene rings is 1. The molecule has 19 heavy (non-hydrogen) atoms. The van der Waals surface area contributed by atoms with Crippen LogP contribution in [0.5, 0.6) is 5.75 Å². The highest BCUT2D eigenvalue weighted by Crippen LogP contribution is 2.29. The third kappa shape index (κ3) is 4.25. The van der Waals surface area contributed by atoms with Crippen LogP contribution in [-0.2, 0) is 0 Å². The van der Waals surface area contributed by atoms with Crippen LogP contribution < -0.4 is 10.1 Å². The normalized spacial score (nSPS) is 16.4. The molecule has 0 amide bonds. The van der Waals surface area contributed by atoms with Crippen LogP contribution in [0, 0.1) is 17.2 Å². The molecule has 1 N–H and O–H groups in total. The van der Waals surface area contributed by atoms with Crippen molar-refractivity contribution in [1.29, 1.82) is 5.26 Å². The molecule has 0 heterocycles. The van der Waals surface area contributed by atoms with E-state index >= 15 is 0 Å². The summed E-state index contributed by atoms with van der Waals surface area (Å²) in [6.45, 7) is 3.39. The van der Waals surface area contributed by atoms with Crippen molar-refractivity contribution in [2.75, 3.05) is 13.2 Å². The first-order valence-corrected chi connectivity index (χ1v) is 7.12. The van der Waals surface area contributed by atoms with Gasteiger partial charge in [-0.1, -0.05) is 31.4 Å². The van der Waals surface area contributed by atoms with Crippen molar-refractivity contribution in [2.45, 2.75) is 38.6 Å². The quantitative estimate of drug-likeness (QED) is 0.815. The lowest BCUT2D eigenvalue weighted by Crippen LogP contribution is -2.24. The molecule has 0 radical (unpaired) electrons. The minimum Gasteiger partial charge on any atom is -0.479 e. The van der Waals surface area contributed by atoms with Crippen molar-refractivity contribution in [3.63, 3.8) is 0 Å². The highest BCUT2D eigenvalue weighted by Gasteiger charge is 2.16. The molecule has 1 aromatic carbocycles. The fraction of sp³-hybridized carbons (Fsp3) is 0.562. The molecule has 1 aliphatic rings. The van der Waals surface area contributed by atoms with Gasteiger partial charge in [-0.25, -0.2) is 0 Å². The first kappa shape index (κ1) is 13.9. The second-order valence-corrected chi connectivity index (χ2v) is 5.28. The summed E-state index contributed by atoms with van der Waals surface area (Å²) in [6, 6.07) is 10.3. The van der Waals surface area contributed by atoms with Crippen LogP contribution in [0.4, 0.5) is 0 Å². The van der Waals surface area contributed by atoms with Gasteiger partial charge in [0, 0.05) is 6.04 Å². The zero-order valence-electron chi connectivity index (χ0n) is 11.6. The van der Waals surface area contributed by atoms with Crippen LogP contribution in [0.2, 0.25) is 0 Å². The predicted octanol–water partition coefficient (Wildman–Crippen LogP) is 3.43. The molecule has 0 spiro atoms. The summed E-state index contributed by atoms with van der Waals surface area (Å²) in [6.07, 6.45) is 5.56. The van der Waals surface area contributed by atoms with E-state index in [4.69, 9.17) is 10.00 Å². The van der Waals surface area contributed by atoms with Crippen LogP contribution in [0.3, 0.4) is 0 Å². The summed E-state index contributed by atoms with van der Waals surface area (Å²) >= 11 is 0. The van der Waals surface area contributed by atoms with Gasteiger partial charge in [0.2, 0.25) is 0 Å². The van der Waals surface area contributed by atoms with Gasteiger partial charge in [0.05, 0.1) is 0 Å². The van der Waals surface area contributed by atoms with Gasteiger partial charge >= 0.3 is 0 Å². The summed E-state index contributed by atoms with van der Waals surface area (Å²) < 4.78 is 5.24. The average molecular weight is 258 g/mol. The van der Waals surface area contributed by atoms with E-state index in [0.717, 1.165) is 18.2 Å². The summed E-state index contributed by atoms with van der Waals surface area (Å²) in [7, 11) is 0. The highest BCUT2D eigenvalue weighted by molar-refractivity contribution is 5.29. The Morgan fingerprint density at radius 3 is 2.68 bits per heavy atom. The fourth-order valence-corrected chi connectivity index (χ4v) is 2.37. The molecule has 102 valence electrons.